The van der Waals surface area contributed by atoms with Crippen molar-refractivity contribution >= 4 is 17.3 Å². The summed E-state index contributed by atoms with van der Waals surface area (Å²) >= 11 is 0. The molecule has 1 aliphatic heterocycles. The van der Waals surface area contributed by atoms with E-state index in [1.54, 1.807) is 23.4 Å². The van der Waals surface area contributed by atoms with Gasteiger partial charge in [-0.05, 0) is 18.2 Å². The summed E-state index contributed by atoms with van der Waals surface area (Å²) in [6.45, 7) is 0.711. The number of hydrogen-bond acceptors (Lipinski definition) is 4. The van der Waals surface area contributed by atoms with E-state index in [9.17, 15) is 4.79 Å². The number of hydrogen-bond donors (Lipinski definition) is 1. The highest BCUT2D eigenvalue weighted by molar-refractivity contribution is 6.02. The van der Waals surface area contributed by atoms with Gasteiger partial charge in [-0.15, -0.1) is 0 Å². The van der Waals surface area contributed by atoms with Crippen LogP contribution < -0.4 is 10.2 Å². The highest BCUT2D eigenvalue weighted by Gasteiger charge is 2.23. The van der Waals surface area contributed by atoms with Crippen LogP contribution in [0.4, 0.5) is 11.4 Å². The van der Waals surface area contributed by atoms with E-state index in [1.807, 2.05) is 24.3 Å². The summed E-state index contributed by atoms with van der Waals surface area (Å²) in [7, 11) is 0. The lowest BCUT2D eigenvalue weighted by Crippen LogP contribution is -2.39. The van der Waals surface area contributed by atoms with Crippen LogP contribution in [0.5, 0.6) is 0 Å². The molecule has 1 aromatic carbocycles. The van der Waals surface area contributed by atoms with Gasteiger partial charge in [-0.25, -0.2) is 9.97 Å². The number of nitrogens with zero attached hydrogens (tertiary/aromatic N) is 3. The fraction of sp³-hybridized carbons (Fsp3) is 0.154. The lowest BCUT2D eigenvalue weighted by atomic mass is 10.2. The van der Waals surface area contributed by atoms with Crippen molar-refractivity contribution in [3.8, 4) is 0 Å². The molecule has 1 aliphatic rings. The van der Waals surface area contributed by atoms with E-state index in [4.69, 9.17) is 0 Å². The summed E-state index contributed by atoms with van der Waals surface area (Å²) in [6, 6.07) is 9.50. The molecule has 1 aromatic heterocycles. The molecule has 0 spiro atoms. The van der Waals surface area contributed by atoms with Crippen LogP contribution >= 0.6 is 0 Å². The lowest BCUT2D eigenvalue weighted by molar-refractivity contribution is -0.117. The Morgan fingerprint density at radius 3 is 2.78 bits per heavy atom. The second-order valence-electron chi connectivity index (χ2n) is 4.02. The first-order valence-corrected chi connectivity index (χ1v) is 5.74. The van der Waals surface area contributed by atoms with Crippen LogP contribution in [0.3, 0.4) is 0 Å². The molecule has 0 aliphatic carbocycles. The van der Waals surface area contributed by atoms with Gasteiger partial charge < -0.3 is 10.2 Å². The Kier molecular flexibility index (Phi) is 2.64. The average molecular weight is 240 g/mol. The van der Waals surface area contributed by atoms with E-state index in [1.165, 1.54) is 0 Å². The Bertz CT molecular complexity index is 570. The van der Waals surface area contributed by atoms with Crippen LogP contribution in [0, 0.1) is 0 Å². The van der Waals surface area contributed by atoms with Crippen molar-refractivity contribution in [3.05, 3.63) is 48.5 Å². The van der Waals surface area contributed by atoms with Crippen molar-refractivity contribution in [1.29, 1.82) is 0 Å². The molecule has 90 valence electrons. The number of fused-ring (bicyclic) bond motifs is 1. The van der Waals surface area contributed by atoms with Gasteiger partial charge >= 0.3 is 0 Å². The van der Waals surface area contributed by atoms with Crippen LogP contribution in [-0.4, -0.2) is 22.4 Å². The molecule has 0 saturated heterocycles. The van der Waals surface area contributed by atoms with Crippen LogP contribution in [0.2, 0.25) is 0 Å². The lowest BCUT2D eigenvalue weighted by Gasteiger charge is -2.29. The number of carbonyl (C=O) groups is 1. The van der Waals surface area contributed by atoms with Crippen LogP contribution in [-0.2, 0) is 11.3 Å². The third kappa shape index (κ3) is 1.90. The Morgan fingerprint density at radius 1 is 1.17 bits per heavy atom. The van der Waals surface area contributed by atoms with Gasteiger partial charge in [0.2, 0.25) is 5.91 Å². The summed E-state index contributed by atoms with van der Waals surface area (Å²) in [4.78, 5) is 22.0. The second-order valence-corrected chi connectivity index (χ2v) is 4.02. The quantitative estimate of drug-likeness (QED) is 0.862. The first-order chi connectivity index (χ1) is 8.84. The highest BCUT2D eigenvalue weighted by atomic mass is 16.2. The predicted molar refractivity (Wildman–Crippen MR) is 68.2 cm³/mol. The summed E-state index contributed by atoms with van der Waals surface area (Å²) in [6.07, 6.45) is 3.36. The largest absolute Gasteiger partial charge is 0.374 e. The number of nitrogens with one attached hydrogen (secondary N) is 1. The molecule has 1 N–H and O–H groups in total. The van der Waals surface area contributed by atoms with Gasteiger partial charge in [-0.2, -0.15) is 0 Å². The molecule has 0 atom stereocenters. The molecular weight excluding hydrogens is 228 g/mol. The summed E-state index contributed by atoms with van der Waals surface area (Å²) in [5, 5.41) is 3.10. The zero-order valence-corrected chi connectivity index (χ0v) is 9.71. The van der Waals surface area contributed by atoms with Gasteiger partial charge in [0, 0.05) is 12.4 Å². The van der Waals surface area contributed by atoms with Gasteiger partial charge in [0.05, 0.1) is 24.5 Å². The molecule has 5 heteroatoms. The smallest absolute Gasteiger partial charge is 0.246 e. The maximum absolute atomic E-state index is 12.0. The highest BCUT2D eigenvalue weighted by Crippen LogP contribution is 2.29. The standard InChI is InChI=1S/C13H12N4O/c18-13-8-16-10-4-1-2-5-11(10)17(13)9-12-14-6-3-7-15-12/h1-7,16H,8-9H2. The number of carbonyl (C=O) groups excluding carboxylic acids is 1. The molecule has 0 bridgehead atoms. The van der Waals surface area contributed by atoms with Crippen LogP contribution in [0.1, 0.15) is 5.82 Å². The molecule has 2 aromatic rings. The monoisotopic (exact) mass is 240 g/mol. The van der Waals surface area contributed by atoms with Crippen molar-refractivity contribution in [2.45, 2.75) is 6.54 Å². The third-order valence-corrected chi connectivity index (χ3v) is 2.84. The minimum atomic E-state index is 0.0288. The molecule has 1 amide bonds. The molecule has 5 nitrogen and oxygen atoms in total. The number of benzene rings is 1. The van der Waals surface area contributed by atoms with Crippen molar-refractivity contribution in [1.82, 2.24) is 9.97 Å². The zero-order valence-electron chi connectivity index (χ0n) is 9.71. The van der Waals surface area contributed by atoms with E-state index < -0.39 is 0 Å². The van der Waals surface area contributed by atoms with Crippen molar-refractivity contribution < 1.29 is 4.79 Å². The number of para-hydroxylation sites is 2. The number of rotatable bonds is 2. The molecule has 3 rings (SSSR count). The van der Waals surface area contributed by atoms with Crippen molar-refractivity contribution in [3.63, 3.8) is 0 Å². The predicted octanol–water partition coefficient (Wildman–Crippen LogP) is 1.44. The number of aromatic nitrogens is 2. The minimum Gasteiger partial charge on any atom is -0.374 e. The van der Waals surface area contributed by atoms with Gasteiger partial charge in [0.25, 0.3) is 0 Å². The van der Waals surface area contributed by atoms with Gasteiger partial charge in [0.15, 0.2) is 0 Å². The van der Waals surface area contributed by atoms with E-state index in [0.717, 1.165) is 11.4 Å². The molecule has 2 heterocycles. The number of anilines is 2. The third-order valence-electron chi connectivity index (χ3n) is 2.84. The first kappa shape index (κ1) is 10.7. The normalized spacial score (nSPS) is 14.0. The molecule has 18 heavy (non-hydrogen) atoms. The Labute approximate surface area is 104 Å². The molecule has 0 radical (unpaired) electrons. The van der Waals surface area contributed by atoms with E-state index in [-0.39, 0.29) is 5.91 Å². The molecular formula is C13H12N4O. The van der Waals surface area contributed by atoms with Gasteiger partial charge in [-0.1, -0.05) is 12.1 Å². The molecule has 0 fully saturated rings. The average Bonchev–Trinajstić information content (AvgIpc) is 2.43. The summed E-state index contributed by atoms with van der Waals surface area (Å²) in [5.41, 5.74) is 1.84. The van der Waals surface area contributed by atoms with Crippen molar-refractivity contribution in [2.24, 2.45) is 0 Å². The van der Waals surface area contributed by atoms with E-state index in [2.05, 4.69) is 15.3 Å². The Hall–Kier alpha value is -2.43. The summed E-state index contributed by atoms with van der Waals surface area (Å²) < 4.78 is 0. The van der Waals surface area contributed by atoms with Crippen LogP contribution in [0.15, 0.2) is 42.7 Å². The SMILES string of the molecule is O=C1CNc2ccccc2N1Cc1ncccn1. The van der Waals surface area contributed by atoms with Crippen molar-refractivity contribution in [2.75, 3.05) is 16.8 Å². The second kappa shape index (κ2) is 4.44. The minimum absolute atomic E-state index is 0.0288. The topological polar surface area (TPSA) is 58.1 Å². The Morgan fingerprint density at radius 2 is 1.94 bits per heavy atom. The maximum Gasteiger partial charge on any atom is 0.246 e. The fourth-order valence-electron chi connectivity index (χ4n) is 1.99. The molecule has 0 unspecified atom stereocenters. The van der Waals surface area contributed by atoms with E-state index in [0.29, 0.717) is 18.9 Å². The molecule has 0 saturated carbocycles. The number of amides is 1. The first-order valence-electron chi connectivity index (χ1n) is 5.74. The fourth-order valence-corrected chi connectivity index (χ4v) is 1.99. The van der Waals surface area contributed by atoms with Crippen LogP contribution in [0.25, 0.3) is 0 Å². The summed E-state index contributed by atoms with van der Waals surface area (Å²) in [5.74, 6) is 0.670. The van der Waals surface area contributed by atoms with Gasteiger partial charge in [-0.3, -0.25) is 4.79 Å². The zero-order chi connectivity index (χ0) is 12.4. The van der Waals surface area contributed by atoms with Gasteiger partial charge in [0.1, 0.15) is 5.82 Å². The maximum atomic E-state index is 12.0. The van der Waals surface area contributed by atoms with E-state index >= 15 is 0 Å². The Balaban J connectivity index is 1.94.